The fraction of sp³-hybridized carbons (Fsp3) is 0.548. The molecule has 0 saturated carbocycles. The van der Waals surface area contributed by atoms with Gasteiger partial charge in [-0.25, -0.2) is 0 Å². The number of Topliss-reactive ketones (excluding diaryl/α,β-unsaturated/α-hetero) is 1. The van der Waals surface area contributed by atoms with E-state index < -0.39 is 5.60 Å². The molecule has 1 unspecified atom stereocenters. The molecule has 208 valence electrons. The number of quaternary nitrogens is 1. The van der Waals surface area contributed by atoms with Crippen LogP contribution in [0.3, 0.4) is 0 Å². The summed E-state index contributed by atoms with van der Waals surface area (Å²) in [6.07, 6.45) is 3.34. The predicted molar refractivity (Wildman–Crippen MR) is 148 cm³/mol. The first-order valence-corrected chi connectivity index (χ1v) is 14.0. The molecule has 2 fully saturated rings. The molecule has 0 aromatic heterocycles. The topological polar surface area (TPSA) is 66.5 Å². The quantitative estimate of drug-likeness (QED) is 0.510. The van der Waals surface area contributed by atoms with Crippen molar-refractivity contribution in [1.82, 2.24) is 4.90 Å². The first kappa shape index (κ1) is 30.0. The van der Waals surface area contributed by atoms with Crippen LogP contribution in [0.1, 0.15) is 64.0 Å². The van der Waals surface area contributed by atoms with E-state index in [-0.39, 0.29) is 24.2 Å². The van der Waals surface area contributed by atoms with Crippen molar-refractivity contribution in [3.8, 4) is 5.75 Å². The van der Waals surface area contributed by atoms with Gasteiger partial charge in [-0.2, -0.15) is 0 Å². The maximum absolute atomic E-state index is 13.1. The minimum Gasteiger partial charge on any atom is -1.00 e. The Hall–Kier alpha value is -2.57. The number of ether oxygens (including phenoxy) is 1. The van der Waals surface area contributed by atoms with E-state index in [9.17, 15) is 9.59 Å². The Morgan fingerprint density at radius 1 is 1.05 bits per heavy atom. The average Bonchev–Trinajstić information content (AvgIpc) is 2.92. The number of ketones is 1. The summed E-state index contributed by atoms with van der Waals surface area (Å²) in [6, 6.07) is 16.7. The van der Waals surface area contributed by atoms with Crippen LogP contribution in [-0.4, -0.2) is 61.5 Å². The van der Waals surface area contributed by atoms with Crippen molar-refractivity contribution in [3.63, 3.8) is 0 Å². The molecule has 4 rings (SSSR count). The number of benzene rings is 2. The minimum atomic E-state index is -0.927. The van der Waals surface area contributed by atoms with Crippen LogP contribution in [0.2, 0.25) is 0 Å². The second-order valence-electron chi connectivity index (χ2n) is 11.4. The lowest BCUT2D eigenvalue weighted by molar-refractivity contribution is -0.662. The van der Waals surface area contributed by atoms with E-state index in [0.717, 1.165) is 64.2 Å². The highest BCUT2D eigenvalue weighted by atomic mass is 35.5. The summed E-state index contributed by atoms with van der Waals surface area (Å²) >= 11 is 0. The standard InChI is InChI=1S/C31H43N3O3.ClH/c1-23(2)25-13-10-24(11-14-25)12-15-29(35)26-7-6-18-34(22-26)27-8-5-9-28(21-27)37-31(3,4)30(36)33-19-16-32-17-20-33;/h5,8-11,13-14,21,23,26,32H,6-7,12,15-20,22H2,1-4H3;1H. The molecule has 2 aromatic carbocycles. The molecule has 0 radical (unpaired) electrons. The SMILES string of the molecule is CC(C)c1ccc(CCC(=O)C2CCCN(c3cccc(OC(C)(C)C(=O)N4CC[NH2+]CC4)c3)C2)cc1.[Cl-]. The van der Waals surface area contributed by atoms with Crippen LogP contribution < -0.4 is 27.4 Å². The Morgan fingerprint density at radius 2 is 1.76 bits per heavy atom. The van der Waals surface area contributed by atoms with E-state index in [1.54, 1.807) is 0 Å². The Balaban J connectivity index is 0.00000400. The zero-order valence-corrected chi connectivity index (χ0v) is 24.2. The number of aryl methyl sites for hydroxylation is 1. The molecule has 2 heterocycles. The summed E-state index contributed by atoms with van der Waals surface area (Å²) in [5.74, 6) is 1.66. The number of amides is 1. The van der Waals surface area contributed by atoms with Crippen molar-refractivity contribution in [1.29, 1.82) is 0 Å². The van der Waals surface area contributed by atoms with Gasteiger partial charge in [0.25, 0.3) is 5.91 Å². The molecule has 1 atom stereocenters. The second kappa shape index (κ2) is 13.5. The van der Waals surface area contributed by atoms with Crippen LogP contribution in [-0.2, 0) is 16.0 Å². The summed E-state index contributed by atoms with van der Waals surface area (Å²) in [6.45, 7) is 13.2. The molecule has 2 N–H and O–H groups in total. The van der Waals surface area contributed by atoms with Crippen molar-refractivity contribution in [3.05, 3.63) is 59.7 Å². The van der Waals surface area contributed by atoms with E-state index in [2.05, 4.69) is 54.4 Å². The lowest BCUT2D eigenvalue weighted by Gasteiger charge is -2.35. The van der Waals surface area contributed by atoms with Gasteiger partial charge >= 0.3 is 0 Å². The maximum atomic E-state index is 13.1. The normalized spacial score (nSPS) is 18.2. The first-order valence-electron chi connectivity index (χ1n) is 14.0. The second-order valence-corrected chi connectivity index (χ2v) is 11.4. The molecule has 6 nitrogen and oxygen atoms in total. The van der Waals surface area contributed by atoms with E-state index in [4.69, 9.17) is 4.74 Å². The van der Waals surface area contributed by atoms with Gasteiger partial charge in [-0.15, -0.1) is 0 Å². The van der Waals surface area contributed by atoms with Gasteiger partial charge < -0.3 is 32.3 Å². The molecule has 1 amide bonds. The predicted octanol–water partition coefficient (Wildman–Crippen LogP) is 0.795. The monoisotopic (exact) mass is 541 g/mol. The van der Waals surface area contributed by atoms with Crippen molar-refractivity contribution < 1.29 is 32.0 Å². The number of hydrogen-bond acceptors (Lipinski definition) is 4. The Labute approximate surface area is 234 Å². The number of carbonyl (C=O) groups is 2. The largest absolute Gasteiger partial charge is 1.00 e. The molecule has 7 heteroatoms. The van der Waals surface area contributed by atoms with Crippen LogP contribution in [0.4, 0.5) is 5.69 Å². The van der Waals surface area contributed by atoms with E-state index in [0.29, 0.717) is 23.9 Å². The molecule has 0 spiro atoms. The van der Waals surface area contributed by atoms with Crippen molar-refractivity contribution in [2.24, 2.45) is 5.92 Å². The number of piperidine rings is 1. The van der Waals surface area contributed by atoms with Gasteiger partial charge in [0.2, 0.25) is 0 Å². The third-order valence-corrected chi connectivity index (χ3v) is 7.75. The Morgan fingerprint density at radius 3 is 2.45 bits per heavy atom. The van der Waals surface area contributed by atoms with Crippen LogP contribution in [0, 0.1) is 5.92 Å². The molecular weight excluding hydrogens is 498 g/mol. The summed E-state index contributed by atoms with van der Waals surface area (Å²) in [5, 5.41) is 2.24. The van der Waals surface area contributed by atoms with Gasteiger partial charge in [-0.1, -0.05) is 44.2 Å². The number of nitrogens with two attached hydrogens (primary N) is 1. The van der Waals surface area contributed by atoms with Crippen molar-refractivity contribution in [2.75, 3.05) is 44.2 Å². The van der Waals surface area contributed by atoms with E-state index in [1.165, 1.54) is 11.1 Å². The number of nitrogens with zero attached hydrogens (tertiary/aromatic N) is 2. The van der Waals surface area contributed by atoms with Crippen LogP contribution in [0.25, 0.3) is 0 Å². The maximum Gasteiger partial charge on any atom is 0.266 e. The Bertz CT molecular complexity index is 1060. The molecule has 0 bridgehead atoms. The smallest absolute Gasteiger partial charge is 0.266 e. The average molecular weight is 542 g/mol. The molecule has 2 aliphatic rings. The highest BCUT2D eigenvalue weighted by molar-refractivity contribution is 5.85. The molecule has 2 saturated heterocycles. The minimum absolute atomic E-state index is 0. The highest BCUT2D eigenvalue weighted by Gasteiger charge is 2.35. The molecule has 0 aliphatic carbocycles. The number of piperazine rings is 1. The third kappa shape index (κ3) is 7.73. The van der Waals surface area contributed by atoms with Gasteiger partial charge in [0.15, 0.2) is 5.60 Å². The van der Waals surface area contributed by atoms with Crippen molar-refractivity contribution in [2.45, 2.75) is 64.9 Å². The molecule has 38 heavy (non-hydrogen) atoms. The fourth-order valence-corrected chi connectivity index (χ4v) is 5.43. The summed E-state index contributed by atoms with van der Waals surface area (Å²) in [7, 11) is 0. The number of rotatable bonds is 9. The first-order chi connectivity index (χ1) is 17.7. The lowest BCUT2D eigenvalue weighted by Crippen LogP contribution is -3.00. The number of carbonyl (C=O) groups excluding carboxylic acids is 2. The highest BCUT2D eigenvalue weighted by Crippen LogP contribution is 2.29. The number of hydrogen-bond donors (Lipinski definition) is 1. The fourth-order valence-electron chi connectivity index (χ4n) is 5.43. The van der Waals surface area contributed by atoms with Crippen molar-refractivity contribution >= 4 is 17.4 Å². The summed E-state index contributed by atoms with van der Waals surface area (Å²) in [4.78, 5) is 30.4. The Kier molecular flexibility index (Phi) is 10.6. The van der Waals surface area contributed by atoms with Gasteiger partial charge in [0.1, 0.15) is 11.5 Å². The number of anilines is 1. The lowest BCUT2D eigenvalue weighted by atomic mass is 9.90. The summed E-state index contributed by atoms with van der Waals surface area (Å²) < 4.78 is 6.24. The van der Waals surface area contributed by atoms with Gasteiger partial charge in [0.05, 0.1) is 26.2 Å². The zero-order chi connectivity index (χ0) is 26.4. The third-order valence-electron chi connectivity index (χ3n) is 7.75. The van der Waals surface area contributed by atoms with Gasteiger partial charge in [0, 0.05) is 37.2 Å². The molecule has 2 aliphatic heterocycles. The van der Waals surface area contributed by atoms with Crippen LogP contribution >= 0.6 is 0 Å². The van der Waals surface area contributed by atoms with Crippen LogP contribution in [0.5, 0.6) is 5.75 Å². The number of halogens is 1. The van der Waals surface area contributed by atoms with Gasteiger partial charge in [-0.05, 0) is 62.3 Å². The summed E-state index contributed by atoms with van der Waals surface area (Å²) in [5.41, 5.74) is 2.69. The van der Waals surface area contributed by atoms with Gasteiger partial charge in [-0.3, -0.25) is 9.59 Å². The van der Waals surface area contributed by atoms with E-state index in [1.807, 2.05) is 36.9 Å². The molecular formula is C31H44ClN3O3. The van der Waals surface area contributed by atoms with E-state index >= 15 is 0 Å². The molecule has 2 aromatic rings. The van der Waals surface area contributed by atoms with Crippen LogP contribution in [0.15, 0.2) is 48.5 Å². The zero-order valence-electron chi connectivity index (χ0n) is 23.4.